The molecule has 176 valence electrons. The first-order valence-corrected chi connectivity index (χ1v) is 11.6. The van der Waals surface area contributed by atoms with E-state index in [1.165, 1.54) is 11.8 Å². The Hall–Kier alpha value is -2.42. The molecule has 3 rings (SSSR count). The van der Waals surface area contributed by atoms with E-state index in [1.807, 2.05) is 19.1 Å². The molecule has 0 spiro atoms. The summed E-state index contributed by atoms with van der Waals surface area (Å²) >= 11 is 0. The second-order valence-corrected chi connectivity index (χ2v) is 8.08. The lowest BCUT2D eigenvalue weighted by molar-refractivity contribution is 0.0383. The molecule has 1 unspecified atom stereocenters. The summed E-state index contributed by atoms with van der Waals surface area (Å²) < 4.78 is 16.5. The van der Waals surface area contributed by atoms with Crippen LogP contribution in [0, 0.1) is 0 Å². The van der Waals surface area contributed by atoms with Gasteiger partial charge in [-0.3, -0.25) is 14.6 Å². The number of carbonyl (C=O) groups excluding carboxylic acids is 1. The molecular formula is C24H36N4O4. The van der Waals surface area contributed by atoms with Gasteiger partial charge in [0.1, 0.15) is 12.0 Å². The normalized spacial score (nSPS) is 15.6. The highest BCUT2D eigenvalue weighted by atomic mass is 16.5. The van der Waals surface area contributed by atoms with Crippen molar-refractivity contribution in [1.82, 2.24) is 20.1 Å². The lowest BCUT2D eigenvalue weighted by Gasteiger charge is -2.27. The predicted molar refractivity (Wildman–Crippen MR) is 123 cm³/mol. The minimum absolute atomic E-state index is 0.199. The molecule has 1 amide bonds. The van der Waals surface area contributed by atoms with E-state index in [0.717, 1.165) is 51.6 Å². The molecule has 32 heavy (non-hydrogen) atoms. The summed E-state index contributed by atoms with van der Waals surface area (Å²) in [5.74, 6) is 1.23. The van der Waals surface area contributed by atoms with Crippen molar-refractivity contribution in [3.8, 4) is 5.75 Å². The first-order valence-electron chi connectivity index (χ1n) is 11.6. The number of hydrogen-bond donors (Lipinski definition) is 1. The zero-order valence-corrected chi connectivity index (χ0v) is 19.5. The molecule has 1 saturated heterocycles. The average Bonchev–Trinajstić information content (AvgIpc) is 3.29. The van der Waals surface area contributed by atoms with Gasteiger partial charge in [0.25, 0.3) is 5.91 Å². The van der Waals surface area contributed by atoms with Crippen molar-refractivity contribution in [2.75, 3.05) is 46.0 Å². The Morgan fingerprint density at radius 1 is 1.22 bits per heavy atom. The molecule has 2 heterocycles. The standard InChI is InChI=1S/C24H36N4O4/c1-4-19(3)28(16-20-6-8-21(9-7-20)31-5-2)17-23-26-22(18-32-23)24(29)25-10-11-27-12-14-30-15-13-27/h6-9,18-19H,4-5,10-17H2,1-3H3,(H,25,29). The largest absolute Gasteiger partial charge is 0.494 e. The minimum atomic E-state index is -0.199. The fourth-order valence-electron chi connectivity index (χ4n) is 3.62. The van der Waals surface area contributed by atoms with Crippen LogP contribution in [0.1, 0.15) is 49.1 Å². The van der Waals surface area contributed by atoms with Crippen molar-refractivity contribution in [1.29, 1.82) is 0 Å². The van der Waals surface area contributed by atoms with E-state index < -0.39 is 0 Å². The highest BCUT2D eigenvalue weighted by molar-refractivity contribution is 5.91. The number of nitrogens with one attached hydrogen (secondary N) is 1. The third-order valence-electron chi connectivity index (χ3n) is 5.77. The number of oxazole rings is 1. The number of aromatic nitrogens is 1. The van der Waals surface area contributed by atoms with Crippen LogP contribution >= 0.6 is 0 Å². The molecule has 0 aliphatic carbocycles. The Labute approximate surface area is 190 Å². The van der Waals surface area contributed by atoms with Gasteiger partial charge in [-0.1, -0.05) is 19.1 Å². The van der Waals surface area contributed by atoms with Crippen LogP contribution in [-0.4, -0.2) is 72.7 Å². The van der Waals surface area contributed by atoms with Crippen molar-refractivity contribution in [2.45, 2.75) is 46.3 Å². The molecule has 1 N–H and O–H groups in total. The van der Waals surface area contributed by atoms with E-state index in [4.69, 9.17) is 13.9 Å². The molecule has 8 heteroatoms. The lowest BCUT2D eigenvalue weighted by atomic mass is 10.1. The Kier molecular flexibility index (Phi) is 9.52. The van der Waals surface area contributed by atoms with Crippen molar-refractivity contribution >= 4 is 5.91 Å². The molecule has 2 aromatic rings. The zero-order valence-electron chi connectivity index (χ0n) is 19.5. The molecule has 1 aromatic heterocycles. The number of carbonyl (C=O) groups is 1. The second-order valence-electron chi connectivity index (χ2n) is 8.08. The third-order valence-corrected chi connectivity index (χ3v) is 5.77. The van der Waals surface area contributed by atoms with Crippen LogP contribution in [0.2, 0.25) is 0 Å². The monoisotopic (exact) mass is 444 g/mol. The maximum absolute atomic E-state index is 12.4. The summed E-state index contributed by atoms with van der Waals surface area (Å²) in [6.07, 6.45) is 2.46. The number of hydrogen-bond acceptors (Lipinski definition) is 7. The number of ether oxygens (including phenoxy) is 2. The highest BCUT2D eigenvalue weighted by Gasteiger charge is 2.19. The predicted octanol–water partition coefficient (Wildman–Crippen LogP) is 2.94. The van der Waals surface area contributed by atoms with Crippen LogP contribution in [0.15, 0.2) is 34.9 Å². The van der Waals surface area contributed by atoms with E-state index in [2.05, 4.69) is 46.1 Å². The molecule has 0 radical (unpaired) electrons. The van der Waals surface area contributed by atoms with Crippen molar-refractivity contribution in [2.24, 2.45) is 0 Å². The maximum Gasteiger partial charge on any atom is 0.273 e. The maximum atomic E-state index is 12.4. The Balaban J connectivity index is 1.53. The zero-order chi connectivity index (χ0) is 22.8. The van der Waals surface area contributed by atoms with Gasteiger partial charge >= 0.3 is 0 Å². The number of amides is 1. The molecule has 1 fully saturated rings. The first-order chi connectivity index (χ1) is 15.6. The fraction of sp³-hybridized carbons (Fsp3) is 0.583. The number of nitrogens with zero attached hydrogens (tertiary/aromatic N) is 3. The molecule has 1 aliphatic heterocycles. The van der Waals surface area contributed by atoms with Gasteiger partial charge in [0.05, 0.1) is 26.4 Å². The summed E-state index contributed by atoms with van der Waals surface area (Å²) in [5.41, 5.74) is 1.52. The van der Waals surface area contributed by atoms with Gasteiger partial charge in [-0.2, -0.15) is 0 Å². The Morgan fingerprint density at radius 2 is 1.97 bits per heavy atom. The summed E-state index contributed by atoms with van der Waals surface area (Å²) in [7, 11) is 0. The highest BCUT2D eigenvalue weighted by Crippen LogP contribution is 2.18. The molecule has 1 aliphatic rings. The van der Waals surface area contributed by atoms with E-state index in [-0.39, 0.29) is 5.91 Å². The lowest BCUT2D eigenvalue weighted by Crippen LogP contribution is -2.41. The van der Waals surface area contributed by atoms with E-state index in [0.29, 0.717) is 37.3 Å². The average molecular weight is 445 g/mol. The minimum Gasteiger partial charge on any atom is -0.494 e. The van der Waals surface area contributed by atoms with Gasteiger partial charge in [-0.25, -0.2) is 4.98 Å². The van der Waals surface area contributed by atoms with Gasteiger partial charge in [-0.05, 0) is 38.0 Å². The number of morpholine rings is 1. The third kappa shape index (κ3) is 7.32. The molecule has 1 atom stereocenters. The smallest absolute Gasteiger partial charge is 0.273 e. The van der Waals surface area contributed by atoms with Crippen LogP contribution in [0.25, 0.3) is 0 Å². The summed E-state index contributed by atoms with van der Waals surface area (Å²) in [6.45, 7) is 13.0. The van der Waals surface area contributed by atoms with Crippen molar-refractivity contribution in [3.05, 3.63) is 47.7 Å². The van der Waals surface area contributed by atoms with E-state index in [9.17, 15) is 4.79 Å². The van der Waals surface area contributed by atoms with Gasteiger partial charge in [0.15, 0.2) is 5.69 Å². The van der Waals surface area contributed by atoms with Crippen LogP contribution in [0.5, 0.6) is 5.75 Å². The molecular weight excluding hydrogens is 408 g/mol. The first kappa shape index (κ1) is 24.2. The van der Waals surface area contributed by atoms with E-state index >= 15 is 0 Å². The van der Waals surface area contributed by atoms with E-state index in [1.54, 1.807) is 0 Å². The summed E-state index contributed by atoms with van der Waals surface area (Å²) in [5, 5.41) is 2.93. The summed E-state index contributed by atoms with van der Waals surface area (Å²) in [4.78, 5) is 21.5. The fourth-order valence-corrected chi connectivity index (χ4v) is 3.62. The van der Waals surface area contributed by atoms with Crippen LogP contribution in [0.4, 0.5) is 0 Å². The van der Waals surface area contributed by atoms with Gasteiger partial charge < -0.3 is 19.2 Å². The molecule has 0 bridgehead atoms. The van der Waals surface area contributed by atoms with Crippen LogP contribution in [0.3, 0.4) is 0 Å². The van der Waals surface area contributed by atoms with Gasteiger partial charge in [0, 0.05) is 38.8 Å². The van der Waals surface area contributed by atoms with Crippen molar-refractivity contribution in [3.63, 3.8) is 0 Å². The number of benzene rings is 1. The second kappa shape index (κ2) is 12.6. The Morgan fingerprint density at radius 3 is 2.66 bits per heavy atom. The quantitative estimate of drug-likeness (QED) is 0.539. The van der Waals surface area contributed by atoms with Crippen LogP contribution < -0.4 is 10.1 Å². The topological polar surface area (TPSA) is 80.1 Å². The van der Waals surface area contributed by atoms with Crippen molar-refractivity contribution < 1.29 is 18.7 Å². The SMILES string of the molecule is CCOc1ccc(CN(Cc2nc(C(=O)NCCN3CCOCC3)co2)C(C)CC)cc1. The van der Waals surface area contributed by atoms with Gasteiger partial charge in [0.2, 0.25) is 5.89 Å². The van der Waals surface area contributed by atoms with Gasteiger partial charge in [-0.15, -0.1) is 0 Å². The molecule has 0 saturated carbocycles. The van der Waals surface area contributed by atoms with Crippen LogP contribution in [-0.2, 0) is 17.8 Å². The molecule has 1 aromatic carbocycles. The molecule has 8 nitrogen and oxygen atoms in total. The Bertz CT molecular complexity index is 818. The number of rotatable bonds is 12. The summed E-state index contributed by atoms with van der Waals surface area (Å²) in [6, 6.07) is 8.52.